The minimum Gasteiger partial charge on any atom is -0.504 e. The summed E-state index contributed by atoms with van der Waals surface area (Å²) in [5, 5.41) is 19.7. The molecular weight excluding hydrogens is 306 g/mol. The first-order chi connectivity index (χ1) is 11.6. The first kappa shape index (κ1) is 14.9. The van der Waals surface area contributed by atoms with Crippen molar-refractivity contribution in [2.45, 2.75) is 25.2 Å². The molecule has 1 atom stereocenters. The molecule has 2 N–H and O–H groups in total. The molecule has 2 aromatic rings. The lowest BCUT2D eigenvalue weighted by Gasteiger charge is -2.23. The van der Waals surface area contributed by atoms with Crippen molar-refractivity contribution < 1.29 is 19.7 Å². The van der Waals surface area contributed by atoms with Gasteiger partial charge in [-0.3, -0.25) is 4.79 Å². The molecular formula is C19H19NO4. The molecule has 0 saturated heterocycles. The first-order valence-electron chi connectivity index (χ1n) is 8.20. The number of carbonyl (C=O) groups is 1. The van der Waals surface area contributed by atoms with E-state index < -0.39 is 5.41 Å². The van der Waals surface area contributed by atoms with Crippen LogP contribution in [-0.4, -0.2) is 29.3 Å². The van der Waals surface area contributed by atoms with Crippen LogP contribution in [0.2, 0.25) is 0 Å². The standard InChI is InChI=1S/C19H19NO4/c1-2-3-8-20-14-7-5-4-6-12(14)19(18(20)23)11-24-17-10-16(22)15(21)9-13(17)19/h4-7,9-10,21-22H,2-3,8,11H2,1H3. The van der Waals surface area contributed by atoms with E-state index in [0.717, 1.165) is 24.1 Å². The van der Waals surface area contributed by atoms with Crippen molar-refractivity contribution in [2.24, 2.45) is 0 Å². The van der Waals surface area contributed by atoms with Gasteiger partial charge in [-0.15, -0.1) is 0 Å². The second-order valence-electron chi connectivity index (χ2n) is 6.36. The second kappa shape index (κ2) is 5.16. The molecule has 4 rings (SSSR count). The third kappa shape index (κ3) is 1.78. The Morgan fingerprint density at radius 2 is 1.92 bits per heavy atom. The van der Waals surface area contributed by atoms with Gasteiger partial charge in [0.05, 0.1) is 0 Å². The predicted octanol–water partition coefficient (Wildman–Crippen LogP) is 2.92. The number of phenols is 2. The Kier molecular flexibility index (Phi) is 3.20. The highest BCUT2D eigenvalue weighted by atomic mass is 16.5. The number of para-hydroxylation sites is 1. The van der Waals surface area contributed by atoms with Gasteiger partial charge < -0.3 is 19.8 Å². The zero-order valence-corrected chi connectivity index (χ0v) is 13.5. The number of amides is 1. The number of carbonyl (C=O) groups excluding carboxylic acids is 1. The van der Waals surface area contributed by atoms with Gasteiger partial charge >= 0.3 is 0 Å². The zero-order chi connectivity index (χ0) is 16.9. The van der Waals surface area contributed by atoms with Crippen LogP contribution in [0.15, 0.2) is 36.4 Å². The Balaban J connectivity index is 1.91. The molecule has 0 aliphatic carbocycles. The fraction of sp³-hybridized carbons (Fsp3) is 0.316. The molecule has 5 nitrogen and oxygen atoms in total. The maximum atomic E-state index is 13.4. The molecule has 0 aromatic heterocycles. The van der Waals surface area contributed by atoms with Gasteiger partial charge in [0.25, 0.3) is 0 Å². The van der Waals surface area contributed by atoms with E-state index in [9.17, 15) is 15.0 Å². The van der Waals surface area contributed by atoms with Gasteiger partial charge in [0.15, 0.2) is 11.5 Å². The molecule has 2 heterocycles. The number of unbranched alkanes of at least 4 members (excludes halogenated alkanes) is 1. The summed E-state index contributed by atoms with van der Waals surface area (Å²) in [6, 6.07) is 10.6. The number of phenolic OH excluding ortho intramolecular Hbond substituents is 2. The summed E-state index contributed by atoms with van der Waals surface area (Å²) in [5.41, 5.74) is 1.48. The van der Waals surface area contributed by atoms with Gasteiger partial charge in [-0.1, -0.05) is 31.5 Å². The second-order valence-corrected chi connectivity index (χ2v) is 6.36. The third-order valence-corrected chi connectivity index (χ3v) is 4.98. The molecule has 5 heteroatoms. The number of hydrogen-bond donors (Lipinski definition) is 2. The Hall–Kier alpha value is -2.69. The summed E-state index contributed by atoms with van der Waals surface area (Å²) in [7, 11) is 0. The summed E-state index contributed by atoms with van der Waals surface area (Å²) in [6.45, 7) is 2.94. The lowest BCUT2D eigenvalue weighted by atomic mass is 9.77. The zero-order valence-electron chi connectivity index (χ0n) is 13.5. The topological polar surface area (TPSA) is 70.0 Å². The quantitative estimate of drug-likeness (QED) is 0.851. The van der Waals surface area contributed by atoms with E-state index in [0.29, 0.717) is 17.9 Å². The number of ether oxygens (including phenoxy) is 1. The van der Waals surface area contributed by atoms with Gasteiger partial charge in [0.2, 0.25) is 5.91 Å². The van der Waals surface area contributed by atoms with Gasteiger partial charge in [-0.2, -0.15) is 0 Å². The first-order valence-corrected chi connectivity index (χ1v) is 8.20. The Morgan fingerprint density at radius 3 is 2.71 bits per heavy atom. The number of aromatic hydroxyl groups is 2. The summed E-state index contributed by atoms with van der Waals surface area (Å²) in [6.07, 6.45) is 1.92. The van der Waals surface area contributed by atoms with Crippen LogP contribution in [-0.2, 0) is 10.2 Å². The van der Waals surface area contributed by atoms with Crippen LogP contribution in [0.4, 0.5) is 5.69 Å². The highest BCUT2D eigenvalue weighted by Crippen LogP contribution is 2.54. The normalized spacial score (nSPS) is 21.0. The van der Waals surface area contributed by atoms with Crippen LogP contribution in [0, 0.1) is 0 Å². The molecule has 1 spiro atoms. The number of benzene rings is 2. The monoisotopic (exact) mass is 325 g/mol. The highest BCUT2D eigenvalue weighted by Gasteiger charge is 2.56. The minimum atomic E-state index is -0.940. The van der Waals surface area contributed by atoms with Gasteiger partial charge in [0, 0.05) is 23.9 Å². The van der Waals surface area contributed by atoms with Gasteiger partial charge in [-0.05, 0) is 24.1 Å². The molecule has 0 bridgehead atoms. The molecule has 1 unspecified atom stereocenters. The van der Waals surface area contributed by atoms with Gasteiger partial charge in [0.1, 0.15) is 17.8 Å². The SMILES string of the molecule is CCCCN1C(=O)C2(COc3cc(O)c(O)cc32)c2ccccc21. The van der Waals surface area contributed by atoms with Crippen molar-refractivity contribution in [2.75, 3.05) is 18.1 Å². The molecule has 0 radical (unpaired) electrons. The van der Waals surface area contributed by atoms with Crippen LogP contribution in [0.25, 0.3) is 0 Å². The van der Waals surface area contributed by atoms with Crippen LogP contribution < -0.4 is 9.64 Å². The van der Waals surface area contributed by atoms with Crippen LogP contribution in [0.5, 0.6) is 17.2 Å². The third-order valence-electron chi connectivity index (χ3n) is 4.98. The van der Waals surface area contributed by atoms with E-state index in [1.54, 1.807) is 0 Å². The molecule has 24 heavy (non-hydrogen) atoms. The number of nitrogens with zero attached hydrogens (tertiary/aromatic N) is 1. The summed E-state index contributed by atoms with van der Waals surface area (Å²) < 4.78 is 5.73. The molecule has 0 fully saturated rings. The lowest BCUT2D eigenvalue weighted by molar-refractivity contribution is -0.122. The van der Waals surface area contributed by atoms with E-state index >= 15 is 0 Å². The Morgan fingerprint density at radius 1 is 1.17 bits per heavy atom. The Bertz CT molecular complexity index is 832. The van der Waals surface area contributed by atoms with Crippen molar-refractivity contribution in [3.8, 4) is 17.2 Å². The maximum absolute atomic E-state index is 13.4. The molecule has 124 valence electrons. The van der Waals surface area contributed by atoms with E-state index in [2.05, 4.69) is 6.92 Å². The number of rotatable bonds is 3. The average Bonchev–Trinajstić information content (AvgIpc) is 3.06. The van der Waals surface area contributed by atoms with Crippen LogP contribution in [0.1, 0.15) is 30.9 Å². The van der Waals surface area contributed by atoms with Crippen molar-refractivity contribution in [1.82, 2.24) is 0 Å². The van der Waals surface area contributed by atoms with Crippen molar-refractivity contribution in [3.63, 3.8) is 0 Å². The maximum Gasteiger partial charge on any atom is 0.245 e. The number of fused-ring (bicyclic) bond motifs is 4. The van der Waals surface area contributed by atoms with Gasteiger partial charge in [-0.25, -0.2) is 0 Å². The van der Waals surface area contributed by atoms with Crippen molar-refractivity contribution >= 4 is 11.6 Å². The largest absolute Gasteiger partial charge is 0.504 e. The van der Waals surface area contributed by atoms with Crippen LogP contribution in [0.3, 0.4) is 0 Å². The Labute approximate surface area is 140 Å². The lowest BCUT2D eigenvalue weighted by Crippen LogP contribution is -2.42. The van der Waals surface area contributed by atoms with E-state index in [1.165, 1.54) is 12.1 Å². The highest BCUT2D eigenvalue weighted by molar-refractivity contribution is 6.11. The summed E-state index contributed by atoms with van der Waals surface area (Å²) in [5.74, 6) is -0.0601. The minimum absolute atomic E-state index is 0.0269. The average molecular weight is 325 g/mol. The fourth-order valence-corrected chi connectivity index (χ4v) is 3.74. The van der Waals surface area contributed by atoms with Crippen molar-refractivity contribution in [3.05, 3.63) is 47.5 Å². The van der Waals surface area contributed by atoms with Crippen LogP contribution >= 0.6 is 0 Å². The van der Waals surface area contributed by atoms with E-state index in [-0.39, 0.29) is 24.0 Å². The van der Waals surface area contributed by atoms with Crippen molar-refractivity contribution in [1.29, 1.82) is 0 Å². The summed E-state index contributed by atoms with van der Waals surface area (Å²) in [4.78, 5) is 15.2. The van der Waals surface area contributed by atoms with E-state index in [1.807, 2.05) is 29.2 Å². The molecule has 2 aromatic carbocycles. The summed E-state index contributed by atoms with van der Waals surface area (Å²) >= 11 is 0. The molecule has 2 aliphatic heterocycles. The molecule has 1 amide bonds. The fourth-order valence-electron chi connectivity index (χ4n) is 3.74. The molecule has 0 saturated carbocycles. The number of anilines is 1. The van der Waals surface area contributed by atoms with E-state index in [4.69, 9.17) is 4.74 Å². The molecule has 2 aliphatic rings. The predicted molar refractivity (Wildman–Crippen MR) is 89.7 cm³/mol. The number of hydrogen-bond acceptors (Lipinski definition) is 4. The smallest absolute Gasteiger partial charge is 0.245 e.